The third-order valence-corrected chi connectivity index (χ3v) is 5.21. The lowest BCUT2D eigenvalue weighted by atomic mass is 9.93. The number of imidazole rings is 1. The van der Waals surface area contributed by atoms with Crippen molar-refractivity contribution in [3.8, 4) is 0 Å². The van der Waals surface area contributed by atoms with Gasteiger partial charge in [0.1, 0.15) is 23.9 Å². The number of methoxy groups -OCH3 is 1. The number of nitrogens with zero attached hydrogens (tertiary/aromatic N) is 4. The number of aromatic nitrogens is 4. The van der Waals surface area contributed by atoms with Crippen molar-refractivity contribution in [3.63, 3.8) is 0 Å². The summed E-state index contributed by atoms with van der Waals surface area (Å²) in [5.74, 6) is -1.42. The van der Waals surface area contributed by atoms with Crippen molar-refractivity contribution in [2.45, 2.75) is 62.8 Å². The summed E-state index contributed by atoms with van der Waals surface area (Å²) >= 11 is 0. The number of fused-ring (bicyclic) bond motifs is 1. The molecule has 1 fully saturated rings. The number of rotatable bonds is 8. The third-order valence-electron chi connectivity index (χ3n) is 5.21. The Kier molecular flexibility index (Phi) is 6.24. The van der Waals surface area contributed by atoms with Crippen LogP contribution in [0.2, 0.25) is 0 Å². The highest BCUT2D eigenvalue weighted by atomic mass is 19.4. The van der Waals surface area contributed by atoms with E-state index in [2.05, 4.69) is 20.3 Å². The van der Waals surface area contributed by atoms with Crippen molar-refractivity contribution in [1.29, 1.82) is 0 Å². The van der Waals surface area contributed by atoms with Crippen LogP contribution in [0.4, 0.5) is 23.4 Å². The van der Waals surface area contributed by atoms with E-state index in [-0.39, 0.29) is 23.0 Å². The molecule has 4 atom stereocenters. The first kappa shape index (κ1) is 21.7. The summed E-state index contributed by atoms with van der Waals surface area (Å²) in [6, 6.07) is -1.13. The molecule has 2 heterocycles. The van der Waals surface area contributed by atoms with Gasteiger partial charge in [-0.1, -0.05) is 0 Å². The highest BCUT2D eigenvalue weighted by Crippen LogP contribution is 2.33. The third kappa shape index (κ3) is 4.28. The quantitative estimate of drug-likeness (QED) is 0.561. The van der Waals surface area contributed by atoms with Crippen LogP contribution in [0, 0.1) is 0 Å². The van der Waals surface area contributed by atoms with Crippen LogP contribution in [-0.2, 0) is 10.9 Å². The van der Waals surface area contributed by atoms with Crippen LogP contribution in [0.5, 0.6) is 0 Å². The fraction of sp³-hybridized carbons (Fsp3) is 0.706. The molecule has 3 N–H and O–H groups in total. The maximum atomic E-state index is 14.8. The Bertz CT molecular complexity index is 838. The molecule has 1 aliphatic rings. The van der Waals surface area contributed by atoms with E-state index in [9.17, 15) is 27.8 Å². The number of aliphatic hydroxyl groups excluding tert-OH is 2. The van der Waals surface area contributed by atoms with Gasteiger partial charge in [-0.3, -0.25) is 0 Å². The molecule has 0 saturated heterocycles. The van der Waals surface area contributed by atoms with E-state index in [1.165, 1.54) is 14.0 Å². The van der Waals surface area contributed by atoms with Gasteiger partial charge in [0.25, 0.3) is 0 Å². The zero-order valence-electron chi connectivity index (χ0n) is 15.9. The van der Waals surface area contributed by atoms with Gasteiger partial charge in [0.2, 0.25) is 5.82 Å². The van der Waals surface area contributed by atoms with Gasteiger partial charge in [-0.25, -0.2) is 19.3 Å². The Morgan fingerprint density at radius 1 is 1.34 bits per heavy atom. The van der Waals surface area contributed by atoms with E-state index in [1.54, 1.807) is 0 Å². The molecule has 1 aliphatic carbocycles. The van der Waals surface area contributed by atoms with Gasteiger partial charge in [0.05, 0.1) is 19.0 Å². The molecular formula is C17H23F4N5O3. The first-order valence-corrected chi connectivity index (χ1v) is 9.21. The number of aliphatic hydroxyl groups is 2. The van der Waals surface area contributed by atoms with Crippen LogP contribution in [0.1, 0.15) is 38.1 Å². The number of hydrogen-bond donors (Lipinski definition) is 3. The SMILES string of the molecule is COC(CO)C(O)C(F)C(C)n1cnc2c(NC3CCC3)nc(C(F)(F)F)nc21. The predicted octanol–water partition coefficient (Wildman–Crippen LogP) is 2.08. The van der Waals surface area contributed by atoms with Crippen molar-refractivity contribution in [1.82, 2.24) is 19.5 Å². The second-order valence-electron chi connectivity index (χ2n) is 7.12. The molecule has 0 spiro atoms. The van der Waals surface area contributed by atoms with Crippen molar-refractivity contribution in [3.05, 3.63) is 12.2 Å². The van der Waals surface area contributed by atoms with Gasteiger partial charge in [0, 0.05) is 13.2 Å². The first-order valence-electron chi connectivity index (χ1n) is 9.21. The van der Waals surface area contributed by atoms with Crippen molar-refractivity contribution >= 4 is 17.0 Å². The Hall–Kier alpha value is -2.05. The molecule has 1 saturated carbocycles. The summed E-state index contributed by atoms with van der Waals surface area (Å²) in [6.07, 6.45) is -5.89. The number of nitrogens with one attached hydrogen (secondary N) is 1. The summed E-state index contributed by atoms with van der Waals surface area (Å²) in [4.78, 5) is 11.2. The molecule has 8 nitrogen and oxygen atoms in total. The van der Waals surface area contributed by atoms with E-state index in [4.69, 9.17) is 4.74 Å². The fourth-order valence-corrected chi connectivity index (χ4v) is 3.15. The summed E-state index contributed by atoms with van der Waals surface area (Å²) in [6.45, 7) is 0.749. The molecule has 0 amide bonds. The number of anilines is 1. The van der Waals surface area contributed by atoms with E-state index < -0.39 is 43.0 Å². The number of hydrogen-bond acceptors (Lipinski definition) is 7. The molecule has 0 radical (unpaired) electrons. The lowest BCUT2D eigenvalue weighted by Crippen LogP contribution is -2.42. The van der Waals surface area contributed by atoms with E-state index in [0.717, 1.165) is 30.2 Å². The minimum Gasteiger partial charge on any atom is -0.394 e. The van der Waals surface area contributed by atoms with Gasteiger partial charge in [-0.15, -0.1) is 0 Å². The van der Waals surface area contributed by atoms with Crippen molar-refractivity contribution < 1.29 is 32.5 Å². The van der Waals surface area contributed by atoms with E-state index in [0.29, 0.717) is 0 Å². The van der Waals surface area contributed by atoms with Crippen molar-refractivity contribution in [2.75, 3.05) is 19.0 Å². The largest absolute Gasteiger partial charge is 0.451 e. The minimum absolute atomic E-state index is 0.000446. The van der Waals surface area contributed by atoms with Gasteiger partial charge in [-0.05, 0) is 26.2 Å². The maximum absolute atomic E-state index is 14.8. The molecule has 0 bridgehead atoms. The molecular weight excluding hydrogens is 398 g/mol. The molecule has 4 unspecified atom stereocenters. The molecule has 12 heteroatoms. The molecule has 0 aromatic carbocycles. The second kappa shape index (κ2) is 8.36. The summed E-state index contributed by atoms with van der Waals surface area (Å²) in [7, 11) is 1.20. The summed E-state index contributed by atoms with van der Waals surface area (Å²) < 4.78 is 60.7. The van der Waals surface area contributed by atoms with Crippen LogP contribution in [0.25, 0.3) is 11.2 Å². The van der Waals surface area contributed by atoms with Crippen molar-refractivity contribution in [2.24, 2.45) is 0 Å². The Morgan fingerprint density at radius 3 is 2.55 bits per heavy atom. The second-order valence-corrected chi connectivity index (χ2v) is 7.12. The summed E-state index contributed by atoms with van der Waals surface area (Å²) in [5.41, 5.74) is -0.113. The van der Waals surface area contributed by atoms with E-state index in [1.807, 2.05) is 0 Å². The molecule has 2 aromatic heterocycles. The van der Waals surface area contributed by atoms with Crippen LogP contribution in [0.3, 0.4) is 0 Å². The molecule has 3 rings (SSSR count). The lowest BCUT2D eigenvalue weighted by Gasteiger charge is -2.28. The smallest absolute Gasteiger partial charge is 0.394 e. The van der Waals surface area contributed by atoms with Gasteiger partial charge < -0.3 is 24.8 Å². The van der Waals surface area contributed by atoms with Crippen LogP contribution in [0.15, 0.2) is 6.33 Å². The van der Waals surface area contributed by atoms with Gasteiger partial charge >= 0.3 is 6.18 Å². The monoisotopic (exact) mass is 421 g/mol. The minimum atomic E-state index is -4.80. The van der Waals surface area contributed by atoms with Crippen LogP contribution in [-0.4, -0.2) is 67.9 Å². The van der Waals surface area contributed by atoms with Gasteiger partial charge in [-0.2, -0.15) is 13.2 Å². The fourth-order valence-electron chi connectivity index (χ4n) is 3.15. The molecule has 162 valence electrons. The Balaban J connectivity index is 2.00. The standard InChI is InChI=1S/C17H23F4N5O3/c1-8(11(18)13(28)10(6-27)29-2)26-7-22-12-14(23-9-4-3-5-9)24-16(17(19,20)21)25-15(12)26/h7-11,13,27-28H,3-6H2,1-2H3,(H,23,24,25). The highest BCUT2D eigenvalue weighted by molar-refractivity contribution is 5.83. The zero-order chi connectivity index (χ0) is 21.3. The topological polar surface area (TPSA) is 105 Å². The lowest BCUT2D eigenvalue weighted by molar-refractivity contribution is -0.144. The highest BCUT2D eigenvalue weighted by Gasteiger charge is 2.38. The van der Waals surface area contributed by atoms with Gasteiger partial charge in [0.15, 0.2) is 11.5 Å². The number of alkyl halides is 4. The summed E-state index contributed by atoms with van der Waals surface area (Å²) in [5, 5.41) is 22.2. The average Bonchev–Trinajstić information content (AvgIpc) is 3.07. The average molecular weight is 421 g/mol. The normalized spacial score (nSPS) is 19.6. The number of ether oxygens (including phenoxy) is 1. The Morgan fingerprint density at radius 2 is 2.03 bits per heavy atom. The molecule has 29 heavy (non-hydrogen) atoms. The number of halogens is 4. The zero-order valence-corrected chi connectivity index (χ0v) is 15.9. The van der Waals surface area contributed by atoms with Crippen LogP contribution < -0.4 is 5.32 Å². The maximum Gasteiger partial charge on any atom is 0.451 e. The first-order chi connectivity index (χ1) is 13.7. The van der Waals surface area contributed by atoms with E-state index >= 15 is 0 Å². The molecule has 0 aliphatic heterocycles. The Labute approximate surface area is 163 Å². The predicted molar refractivity (Wildman–Crippen MR) is 95.1 cm³/mol. The van der Waals surface area contributed by atoms with Crippen LogP contribution >= 0.6 is 0 Å². The molecule has 2 aromatic rings.